The Labute approximate surface area is 94.4 Å². The van der Waals surface area contributed by atoms with Gasteiger partial charge in [-0.1, -0.05) is 0 Å². The standard InChI is InChI=1S/C11H15N5/c1-3-16-5-4-13-10(16)6-9-8(2)11(12)15-7-14-9/h4-5,7H,3,6H2,1-2H3,(H2,12,14,15). The summed E-state index contributed by atoms with van der Waals surface area (Å²) >= 11 is 0. The molecule has 84 valence electrons. The largest absolute Gasteiger partial charge is 0.383 e. The Morgan fingerprint density at radius 2 is 2.12 bits per heavy atom. The minimum atomic E-state index is 0.541. The van der Waals surface area contributed by atoms with Crippen LogP contribution in [0, 0.1) is 6.92 Å². The summed E-state index contributed by atoms with van der Waals surface area (Å²) in [4.78, 5) is 12.5. The molecule has 2 rings (SSSR count). The fourth-order valence-corrected chi connectivity index (χ4v) is 1.63. The number of aryl methyl sites for hydroxylation is 1. The van der Waals surface area contributed by atoms with Crippen molar-refractivity contribution in [2.75, 3.05) is 5.73 Å². The van der Waals surface area contributed by atoms with Gasteiger partial charge in [0.15, 0.2) is 0 Å². The van der Waals surface area contributed by atoms with Gasteiger partial charge in [-0.05, 0) is 13.8 Å². The lowest BCUT2D eigenvalue weighted by molar-refractivity contribution is 0.707. The van der Waals surface area contributed by atoms with Crippen molar-refractivity contribution in [3.8, 4) is 0 Å². The summed E-state index contributed by atoms with van der Waals surface area (Å²) in [5, 5.41) is 0. The van der Waals surface area contributed by atoms with Crippen LogP contribution in [0.5, 0.6) is 0 Å². The number of hydrogen-bond acceptors (Lipinski definition) is 4. The molecule has 0 radical (unpaired) electrons. The Kier molecular flexibility index (Phi) is 2.85. The van der Waals surface area contributed by atoms with Crippen molar-refractivity contribution in [2.45, 2.75) is 26.8 Å². The summed E-state index contributed by atoms with van der Waals surface area (Å²) in [6.45, 7) is 4.94. The van der Waals surface area contributed by atoms with Crippen LogP contribution in [0.25, 0.3) is 0 Å². The SMILES string of the molecule is CCn1ccnc1Cc1ncnc(N)c1C. The molecule has 0 saturated carbocycles. The van der Waals surface area contributed by atoms with Crippen molar-refractivity contribution < 1.29 is 0 Å². The van der Waals surface area contributed by atoms with E-state index in [1.807, 2.05) is 13.1 Å². The molecule has 0 atom stereocenters. The highest BCUT2D eigenvalue weighted by atomic mass is 15.1. The number of imidazole rings is 1. The van der Waals surface area contributed by atoms with Gasteiger partial charge in [-0.3, -0.25) is 0 Å². The third kappa shape index (κ3) is 1.88. The molecule has 5 heteroatoms. The third-order valence-electron chi connectivity index (χ3n) is 2.70. The van der Waals surface area contributed by atoms with Crippen LogP contribution < -0.4 is 5.73 Å². The zero-order valence-electron chi connectivity index (χ0n) is 9.51. The molecule has 0 aromatic carbocycles. The number of nitrogens with two attached hydrogens (primary N) is 1. The molecule has 5 nitrogen and oxygen atoms in total. The van der Waals surface area contributed by atoms with Gasteiger partial charge in [0.1, 0.15) is 18.0 Å². The molecule has 2 heterocycles. The summed E-state index contributed by atoms with van der Waals surface area (Å²) in [5.74, 6) is 1.54. The number of nitrogens with zero attached hydrogens (tertiary/aromatic N) is 4. The van der Waals surface area contributed by atoms with Crippen LogP contribution in [0.2, 0.25) is 0 Å². The maximum Gasteiger partial charge on any atom is 0.129 e. The van der Waals surface area contributed by atoms with Crippen LogP contribution in [0.3, 0.4) is 0 Å². The molecule has 2 aromatic rings. The predicted molar refractivity (Wildman–Crippen MR) is 61.9 cm³/mol. The van der Waals surface area contributed by atoms with Gasteiger partial charge >= 0.3 is 0 Å². The van der Waals surface area contributed by atoms with Crippen LogP contribution in [0.1, 0.15) is 24.0 Å². The van der Waals surface area contributed by atoms with Gasteiger partial charge < -0.3 is 10.3 Å². The maximum atomic E-state index is 5.74. The highest BCUT2D eigenvalue weighted by molar-refractivity contribution is 5.40. The first-order valence-corrected chi connectivity index (χ1v) is 5.28. The smallest absolute Gasteiger partial charge is 0.129 e. The van der Waals surface area contributed by atoms with Gasteiger partial charge in [-0.15, -0.1) is 0 Å². The second-order valence-corrected chi connectivity index (χ2v) is 3.64. The second kappa shape index (κ2) is 4.30. The first-order valence-electron chi connectivity index (χ1n) is 5.28. The molecular formula is C11H15N5. The summed E-state index contributed by atoms with van der Waals surface area (Å²) < 4.78 is 2.09. The van der Waals surface area contributed by atoms with Gasteiger partial charge in [-0.25, -0.2) is 15.0 Å². The van der Waals surface area contributed by atoms with Crippen molar-refractivity contribution in [1.82, 2.24) is 19.5 Å². The first-order chi connectivity index (χ1) is 7.72. The van der Waals surface area contributed by atoms with E-state index < -0.39 is 0 Å². The van der Waals surface area contributed by atoms with E-state index in [9.17, 15) is 0 Å². The monoisotopic (exact) mass is 217 g/mol. The Morgan fingerprint density at radius 3 is 2.88 bits per heavy atom. The lowest BCUT2D eigenvalue weighted by Gasteiger charge is -2.07. The number of aromatic nitrogens is 4. The van der Waals surface area contributed by atoms with E-state index in [4.69, 9.17) is 5.73 Å². The van der Waals surface area contributed by atoms with E-state index in [1.165, 1.54) is 6.33 Å². The van der Waals surface area contributed by atoms with Crippen LogP contribution in [0.4, 0.5) is 5.82 Å². The van der Waals surface area contributed by atoms with Crippen LogP contribution >= 0.6 is 0 Å². The molecule has 0 aliphatic rings. The first kappa shape index (κ1) is 10.6. The molecule has 2 aromatic heterocycles. The van der Waals surface area contributed by atoms with Gasteiger partial charge in [0.25, 0.3) is 0 Å². The average Bonchev–Trinajstić information content (AvgIpc) is 2.72. The summed E-state index contributed by atoms with van der Waals surface area (Å²) in [5.41, 5.74) is 7.62. The molecule has 0 aliphatic heterocycles. The van der Waals surface area contributed by atoms with Gasteiger partial charge in [0, 0.05) is 30.9 Å². The topological polar surface area (TPSA) is 69.6 Å². The van der Waals surface area contributed by atoms with E-state index in [-0.39, 0.29) is 0 Å². The Bertz CT molecular complexity index is 489. The second-order valence-electron chi connectivity index (χ2n) is 3.64. The highest BCUT2D eigenvalue weighted by Gasteiger charge is 2.08. The Hall–Kier alpha value is -1.91. The van der Waals surface area contributed by atoms with E-state index in [0.717, 1.165) is 23.6 Å². The number of rotatable bonds is 3. The van der Waals surface area contributed by atoms with E-state index in [1.54, 1.807) is 6.20 Å². The molecule has 2 N–H and O–H groups in total. The average molecular weight is 217 g/mol. The van der Waals surface area contributed by atoms with Crippen molar-refractivity contribution in [3.05, 3.63) is 35.8 Å². The number of nitrogen functional groups attached to an aromatic ring is 1. The quantitative estimate of drug-likeness (QED) is 0.838. The highest BCUT2D eigenvalue weighted by Crippen LogP contribution is 2.13. The van der Waals surface area contributed by atoms with Crippen molar-refractivity contribution in [2.24, 2.45) is 0 Å². The molecule has 0 spiro atoms. The lowest BCUT2D eigenvalue weighted by Crippen LogP contribution is -2.06. The third-order valence-corrected chi connectivity index (χ3v) is 2.70. The molecule has 0 saturated heterocycles. The minimum Gasteiger partial charge on any atom is -0.383 e. The summed E-state index contributed by atoms with van der Waals surface area (Å²) in [6, 6.07) is 0. The Balaban J connectivity index is 2.30. The molecule has 0 bridgehead atoms. The van der Waals surface area contributed by atoms with Crippen molar-refractivity contribution in [1.29, 1.82) is 0 Å². The number of hydrogen-bond donors (Lipinski definition) is 1. The fraction of sp³-hybridized carbons (Fsp3) is 0.364. The molecule has 16 heavy (non-hydrogen) atoms. The van der Waals surface area contributed by atoms with Crippen LogP contribution in [-0.2, 0) is 13.0 Å². The van der Waals surface area contributed by atoms with E-state index >= 15 is 0 Å². The normalized spacial score (nSPS) is 10.6. The van der Waals surface area contributed by atoms with E-state index in [0.29, 0.717) is 12.2 Å². The van der Waals surface area contributed by atoms with Crippen LogP contribution in [0.15, 0.2) is 18.7 Å². The van der Waals surface area contributed by atoms with Crippen molar-refractivity contribution in [3.63, 3.8) is 0 Å². The zero-order chi connectivity index (χ0) is 11.5. The fourth-order valence-electron chi connectivity index (χ4n) is 1.63. The van der Waals surface area contributed by atoms with E-state index in [2.05, 4.69) is 26.4 Å². The molecule has 0 fully saturated rings. The predicted octanol–water partition coefficient (Wildman–Crippen LogP) is 1.17. The molecule has 0 unspecified atom stereocenters. The lowest BCUT2D eigenvalue weighted by atomic mass is 10.2. The Morgan fingerprint density at radius 1 is 1.31 bits per heavy atom. The van der Waals surface area contributed by atoms with Gasteiger partial charge in [0.05, 0.1) is 5.69 Å². The maximum absolute atomic E-state index is 5.74. The summed E-state index contributed by atoms with van der Waals surface area (Å²) in [7, 11) is 0. The molecule has 0 aliphatic carbocycles. The zero-order valence-corrected chi connectivity index (χ0v) is 9.51. The number of anilines is 1. The summed E-state index contributed by atoms with van der Waals surface area (Å²) in [6.07, 6.45) is 5.96. The van der Waals surface area contributed by atoms with Crippen molar-refractivity contribution >= 4 is 5.82 Å². The molecule has 0 amide bonds. The van der Waals surface area contributed by atoms with Gasteiger partial charge in [0.2, 0.25) is 0 Å². The van der Waals surface area contributed by atoms with Crippen LogP contribution in [-0.4, -0.2) is 19.5 Å². The minimum absolute atomic E-state index is 0.541. The van der Waals surface area contributed by atoms with Gasteiger partial charge in [-0.2, -0.15) is 0 Å². The molecular weight excluding hydrogens is 202 g/mol.